The molecule has 0 saturated carbocycles. The summed E-state index contributed by atoms with van der Waals surface area (Å²) in [6.45, 7) is 3.62. The van der Waals surface area contributed by atoms with Crippen LogP contribution in [0.15, 0.2) is 72.0 Å². The molecule has 11 heteroatoms. The molecule has 2 aromatic carbocycles. The molecular formula is C26H27N7O3S. The number of benzene rings is 2. The average molecular weight is 518 g/mol. The Morgan fingerprint density at radius 3 is 2.57 bits per heavy atom. The van der Waals surface area contributed by atoms with E-state index in [0.717, 1.165) is 36.1 Å². The van der Waals surface area contributed by atoms with Gasteiger partial charge in [-0.3, -0.25) is 9.78 Å². The van der Waals surface area contributed by atoms with Crippen molar-refractivity contribution in [2.75, 3.05) is 31.5 Å². The van der Waals surface area contributed by atoms with Gasteiger partial charge < -0.3 is 15.5 Å². The van der Waals surface area contributed by atoms with Gasteiger partial charge in [0.25, 0.3) is 5.91 Å². The van der Waals surface area contributed by atoms with Crippen molar-refractivity contribution in [3.8, 4) is 11.1 Å². The van der Waals surface area contributed by atoms with E-state index in [2.05, 4.69) is 30.5 Å². The lowest BCUT2D eigenvalue weighted by Crippen LogP contribution is -2.33. The van der Waals surface area contributed by atoms with E-state index < -0.39 is 10.0 Å². The van der Waals surface area contributed by atoms with Crippen molar-refractivity contribution in [2.45, 2.75) is 17.7 Å². The predicted molar refractivity (Wildman–Crippen MR) is 142 cm³/mol. The molecule has 10 nitrogen and oxygen atoms in total. The van der Waals surface area contributed by atoms with Crippen LogP contribution in [0.3, 0.4) is 0 Å². The number of hydrogen-bond donors (Lipinski definition) is 3. The van der Waals surface area contributed by atoms with Gasteiger partial charge in [-0.25, -0.2) is 23.5 Å². The summed E-state index contributed by atoms with van der Waals surface area (Å²) >= 11 is 0. The quantitative estimate of drug-likeness (QED) is 0.324. The molecule has 1 amide bonds. The minimum absolute atomic E-state index is 0.0206. The lowest BCUT2D eigenvalue weighted by Gasteiger charge is -2.15. The van der Waals surface area contributed by atoms with Gasteiger partial charge in [0.05, 0.1) is 16.0 Å². The van der Waals surface area contributed by atoms with E-state index in [4.69, 9.17) is 5.14 Å². The van der Waals surface area contributed by atoms with Crippen LogP contribution in [0.5, 0.6) is 0 Å². The maximum atomic E-state index is 12.8. The normalized spacial score (nSPS) is 14.1. The van der Waals surface area contributed by atoms with Crippen LogP contribution >= 0.6 is 0 Å². The zero-order valence-electron chi connectivity index (χ0n) is 20.1. The van der Waals surface area contributed by atoms with Gasteiger partial charge in [-0.2, -0.15) is 0 Å². The molecule has 0 radical (unpaired) electrons. The van der Waals surface area contributed by atoms with Crippen LogP contribution in [0, 0.1) is 0 Å². The third kappa shape index (κ3) is 5.91. The van der Waals surface area contributed by atoms with Crippen molar-refractivity contribution < 1.29 is 13.2 Å². The molecule has 1 fully saturated rings. The van der Waals surface area contributed by atoms with Crippen molar-refractivity contribution in [1.29, 1.82) is 0 Å². The van der Waals surface area contributed by atoms with Crippen LogP contribution in [-0.2, 0) is 10.0 Å². The first kappa shape index (κ1) is 24.8. The number of rotatable bonds is 8. The smallest absolute Gasteiger partial charge is 0.252 e. The molecule has 0 spiro atoms. The Morgan fingerprint density at radius 2 is 1.81 bits per heavy atom. The Balaban J connectivity index is 1.36. The second kappa shape index (κ2) is 10.6. The summed E-state index contributed by atoms with van der Waals surface area (Å²) < 4.78 is 23.0. The number of nitrogens with zero attached hydrogens (tertiary/aromatic N) is 4. The Bertz CT molecular complexity index is 1540. The van der Waals surface area contributed by atoms with Crippen LogP contribution in [0.1, 0.15) is 23.2 Å². The molecule has 0 unspecified atom stereocenters. The molecule has 0 bridgehead atoms. The van der Waals surface area contributed by atoms with E-state index >= 15 is 0 Å². The summed E-state index contributed by atoms with van der Waals surface area (Å²) in [6, 6.07) is 13.6. The third-order valence-electron chi connectivity index (χ3n) is 6.27. The first-order valence-corrected chi connectivity index (χ1v) is 13.5. The molecule has 1 saturated heterocycles. The molecule has 4 aromatic rings. The van der Waals surface area contributed by atoms with E-state index in [0.29, 0.717) is 29.3 Å². The standard InChI is InChI=1S/C26H27N7O3S/c27-37(35,36)22-8-6-21(7-9-22)31-26-30-17-18-4-3-5-23(24(18)32-26)19-14-20(16-28-15-19)25(34)29-10-13-33-11-1-2-12-33/h3-9,14-17H,1-2,10-13H2,(H,29,34)(H2,27,35,36)(H,30,31,32). The Kier molecular flexibility index (Phi) is 7.08. The van der Waals surface area contributed by atoms with E-state index in [1.165, 1.54) is 25.0 Å². The van der Waals surface area contributed by atoms with Gasteiger partial charge in [0.15, 0.2) is 0 Å². The topological polar surface area (TPSA) is 143 Å². The van der Waals surface area contributed by atoms with Crippen molar-refractivity contribution in [3.63, 3.8) is 0 Å². The predicted octanol–water partition coefficient (Wildman–Crippen LogP) is 2.91. The molecule has 0 aliphatic carbocycles. The number of hydrogen-bond acceptors (Lipinski definition) is 8. The number of fused-ring (bicyclic) bond motifs is 1. The number of likely N-dealkylation sites (tertiary alicyclic amines) is 1. The molecule has 0 atom stereocenters. The molecule has 1 aliphatic rings. The molecule has 4 N–H and O–H groups in total. The monoisotopic (exact) mass is 517 g/mol. The summed E-state index contributed by atoms with van der Waals surface area (Å²) in [4.78, 5) is 28.5. The van der Waals surface area contributed by atoms with Crippen molar-refractivity contribution in [3.05, 3.63) is 72.7 Å². The second-order valence-electron chi connectivity index (χ2n) is 8.90. The molecule has 5 rings (SSSR count). The zero-order chi connectivity index (χ0) is 25.8. The number of primary sulfonamides is 1. The average Bonchev–Trinajstić information content (AvgIpc) is 3.42. The van der Waals surface area contributed by atoms with E-state index in [9.17, 15) is 13.2 Å². The number of nitrogens with two attached hydrogens (primary N) is 1. The number of para-hydroxylation sites is 1. The van der Waals surface area contributed by atoms with Gasteiger partial charge in [0, 0.05) is 53.9 Å². The summed E-state index contributed by atoms with van der Waals surface area (Å²) in [5, 5.41) is 12.1. The number of anilines is 2. The fourth-order valence-electron chi connectivity index (χ4n) is 4.35. The SMILES string of the molecule is NS(=O)(=O)c1ccc(Nc2ncc3cccc(-c4cncc(C(=O)NCCN5CCCC5)c4)c3n2)cc1. The molecule has 190 valence electrons. The first-order valence-electron chi connectivity index (χ1n) is 12.0. The van der Waals surface area contributed by atoms with E-state index in [-0.39, 0.29) is 10.8 Å². The van der Waals surface area contributed by atoms with Crippen LogP contribution in [-0.4, -0.2) is 60.4 Å². The minimum atomic E-state index is -3.77. The maximum Gasteiger partial charge on any atom is 0.252 e. The highest BCUT2D eigenvalue weighted by Gasteiger charge is 2.14. The van der Waals surface area contributed by atoms with E-state index in [1.54, 1.807) is 30.7 Å². The van der Waals surface area contributed by atoms with Crippen LogP contribution in [0.4, 0.5) is 11.6 Å². The Labute approximate surface area is 215 Å². The Morgan fingerprint density at radius 1 is 1.03 bits per heavy atom. The maximum absolute atomic E-state index is 12.8. The number of sulfonamides is 1. The molecule has 1 aliphatic heterocycles. The van der Waals surface area contributed by atoms with Crippen molar-refractivity contribution >= 4 is 38.5 Å². The lowest BCUT2D eigenvalue weighted by molar-refractivity contribution is 0.0949. The van der Waals surface area contributed by atoms with Gasteiger partial charge in [0.1, 0.15) is 0 Å². The van der Waals surface area contributed by atoms with Crippen molar-refractivity contribution in [2.24, 2.45) is 5.14 Å². The number of aromatic nitrogens is 3. The zero-order valence-corrected chi connectivity index (χ0v) is 20.9. The summed E-state index contributed by atoms with van der Waals surface area (Å²) in [5.74, 6) is 0.181. The fraction of sp³-hybridized carbons (Fsp3) is 0.231. The number of nitrogens with one attached hydrogen (secondary N) is 2. The number of amides is 1. The highest BCUT2D eigenvalue weighted by atomic mass is 32.2. The highest BCUT2D eigenvalue weighted by molar-refractivity contribution is 7.89. The van der Waals surface area contributed by atoms with Gasteiger partial charge >= 0.3 is 0 Å². The molecule has 3 heterocycles. The van der Waals surface area contributed by atoms with Crippen LogP contribution in [0.2, 0.25) is 0 Å². The summed E-state index contributed by atoms with van der Waals surface area (Å²) in [6.07, 6.45) is 7.41. The van der Waals surface area contributed by atoms with E-state index in [1.807, 2.05) is 24.3 Å². The van der Waals surface area contributed by atoms with Gasteiger partial charge in [0.2, 0.25) is 16.0 Å². The van der Waals surface area contributed by atoms with Gasteiger partial charge in [-0.15, -0.1) is 0 Å². The summed E-state index contributed by atoms with van der Waals surface area (Å²) in [7, 11) is -3.77. The fourth-order valence-corrected chi connectivity index (χ4v) is 4.87. The summed E-state index contributed by atoms with van der Waals surface area (Å²) in [5.41, 5.74) is 3.36. The second-order valence-corrected chi connectivity index (χ2v) is 10.5. The van der Waals surface area contributed by atoms with Crippen LogP contribution in [0.25, 0.3) is 22.0 Å². The first-order chi connectivity index (χ1) is 17.9. The number of carbonyl (C=O) groups excluding carboxylic acids is 1. The molecule has 37 heavy (non-hydrogen) atoms. The van der Waals surface area contributed by atoms with Crippen LogP contribution < -0.4 is 15.8 Å². The number of pyridine rings is 1. The lowest BCUT2D eigenvalue weighted by atomic mass is 10.0. The Hall–Kier alpha value is -3.93. The van der Waals surface area contributed by atoms with Gasteiger partial charge in [-0.05, 0) is 56.3 Å². The molecular weight excluding hydrogens is 490 g/mol. The van der Waals surface area contributed by atoms with Crippen molar-refractivity contribution in [1.82, 2.24) is 25.2 Å². The third-order valence-corrected chi connectivity index (χ3v) is 7.20. The largest absolute Gasteiger partial charge is 0.351 e. The minimum Gasteiger partial charge on any atom is -0.351 e. The highest BCUT2D eigenvalue weighted by Crippen LogP contribution is 2.28. The molecule has 2 aromatic heterocycles. The van der Waals surface area contributed by atoms with Gasteiger partial charge in [-0.1, -0.05) is 18.2 Å². The number of carbonyl (C=O) groups is 1.